The average Bonchev–Trinajstić information content (AvgIpc) is 2.59. The molecular weight excluding hydrogens is 276 g/mol. The van der Waals surface area contributed by atoms with Crippen molar-refractivity contribution in [3.63, 3.8) is 0 Å². The van der Waals surface area contributed by atoms with Gasteiger partial charge in [-0.05, 0) is 31.4 Å². The zero-order valence-corrected chi connectivity index (χ0v) is 13.6. The molecule has 1 aliphatic carbocycles. The van der Waals surface area contributed by atoms with Crippen molar-refractivity contribution in [1.29, 1.82) is 0 Å². The second-order valence-electron chi connectivity index (χ2n) is 5.66. The van der Waals surface area contributed by atoms with Crippen LogP contribution in [-0.2, 0) is 11.3 Å². The highest BCUT2D eigenvalue weighted by molar-refractivity contribution is 5.79. The Morgan fingerprint density at radius 2 is 2.14 bits per heavy atom. The third kappa shape index (κ3) is 6.43. The monoisotopic (exact) mass is 304 g/mol. The number of ether oxygens (including phenoxy) is 1. The van der Waals surface area contributed by atoms with Crippen molar-refractivity contribution in [2.24, 2.45) is 4.99 Å². The van der Waals surface area contributed by atoms with Gasteiger partial charge in [-0.3, -0.25) is 9.98 Å². The summed E-state index contributed by atoms with van der Waals surface area (Å²) in [5, 5.41) is 6.57. The summed E-state index contributed by atoms with van der Waals surface area (Å²) in [6.07, 6.45) is 9.80. The molecule has 1 aliphatic rings. The predicted octanol–water partition coefficient (Wildman–Crippen LogP) is 2.49. The van der Waals surface area contributed by atoms with E-state index >= 15 is 0 Å². The van der Waals surface area contributed by atoms with Crippen LogP contribution in [-0.4, -0.2) is 37.2 Å². The van der Waals surface area contributed by atoms with Gasteiger partial charge in [0, 0.05) is 26.4 Å². The van der Waals surface area contributed by atoms with Gasteiger partial charge in [-0.1, -0.05) is 25.3 Å². The summed E-state index contributed by atoms with van der Waals surface area (Å²) in [5.74, 6) is 0.809. The minimum absolute atomic E-state index is 0.496. The van der Waals surface area contributed by atoms with E-state index in [1.807, 2.05) is 18.2 Å². The van der Waals surface area contributed by atoms with Crippen molar-refractivity contribution in [1.82, 2.24) is 15.6 Å². The van der Waals surface area contributed by atoms with E-state index in [4.69, 9.17) is 4.74 Å². The fourth-order valence-electron chi connectivity index (χ4n) is 2.66. The quantitative estimate of drug-likeness (QED) is 0.461. The minimum Gasteiger partial charge on any atom is -0.378 e. The summed E-state index contributed by atoms with van der Waals surface area (Å²) in [7, 11) is 1.78. The fraction of sp³-hybridized carbons (Fsp3) is 0.647. The smallest absolute Gasteiger partial charge is 0.191 e. The first-order valence-electron chi connectivity index (χ1n) is 8.34. The summed E-state index contributed by atoms with van der Waals surface area (Å²) >= 11 is 0. The first-order chi connectivity index (χ1) is 10.9. The molecule has 2 rings (SSSR count). The summed E-state index contributed by atoms with van der Waals surface area (Å²) in [5.41, 5.74) is 1.01. The lowest BCUT2D eigenvalue weighted by Crippen LogP contribution is -2.37. The number of aliphatic imine (C=N–C) groups is 1. The third-order valence-electron chi connectivity index (χ3n) is 3.91. The van der Waals surface area contributed by atoms with Crippen molar-refractivity contribution in [3.05, 3.63) is 30.1 Å². The molecule has 0 spiro atoms. The molecule has 5 nitrogen and oxygen atoms in total. The van der Waals surface area contributed by atoms with Crippen molar-refractivity contribution >= 4 is 5.96 Å². The lowest BCUT2D eigenvalue weighted by molar-refractivity contribution is 0.0277. The van der Waals surface area contributed by atoms with Crippen molar-refractivity contribution in [2.45, 2.75) is 51.2 Å². The molecule has 2 N–H and O–H groups in total. The molecule has 0 atom stereocenters. The maximum atomic E-state index is 5.92. The van der Waals surface area contributed by atoms with Crippen LogP contribution in [0.15, 0.2) is 29.4 Å². The first-order valence-corrected chi connectivity index (χ1v) is 8.34. The Labute approximate surface area is 133 Å². The lowest BCUT2D eigenvalue weighted by Gasteiger charge is -2.22. The number of nitrogens with one attached hydrogen (secondary N) is 2. The van der Waals surface area contributed by atoms with Gasteiger partial charge in [-0.15, -0.1) is 0 Å². The molecule has 1 heterocycles. The van der Waals surface area contributed by atoms with Crippen molar-refractivity contribution in [2.75, 3.05) is 20.2 Å². The van der Waals surface area contributed by atoms with Gasteiger partial charge < -0.3 is 15.4 Å². The Balaban J connectivity index is 1.54. The molecule has 1 aromatic rings. The van der Waals surface area contributed by atoms with Gasteiger partial charge in [0.25, 0.3) is 0 Å². The van der Waals surface area contributed by atoms with Crippen LogP contribution < -0.4 is 10.6 Å². The molecule has 0 amide bonds. The van der Waals surface area contributed by atoms with E-state index in [0.29, 0.717) is 12.6 Å². The zero-order chi connectivity index (χ0) is 15.5. The molecule has 0 unspecified atom stereocenters. The number of aromatic nitrogens is 1. The topological polar surface area (TPSA) is 58.5 Å². The minimum atomic E-state index is 0.496. The number of guanidine groups is 1. The van der Waals surface area contributed by atoms with E-state index in [2.05, 4.69) is 20.6 Å². The number of pyridine rings is 1. The van der Waals surface area contributed by atoms with E-state index in [0.717, 1.165) is 31.2 Å². The third-order valence-corrected chi connectivity index (χ3v) is 3.91. The van der Waals surface area contributed by atoms with Crippen LogP contribution in [0.5, 0.6) is 0 Å². The van der Waals surface area contributed by atoms with Gasteiger partial charge in [0.1, 0.15) is 0 Å². The van der Waals surface area contributed by atoms with E-state index in [-0.39, 0.29) is 0 Å². The molecule has 1 fully saturated rings. The van der Waals surface area contributed by atoms with Crippen LogP contribution in [0.2, 0.25) is 0 Å². The average molecular weight is 304 g/mol. The Morgan fingerprint density at radius 3 is 2.86 bits per heavy atom. The molecule has 5 heteroatoms. The molecular formula is C17H28N4O. The van der Waals surface area contributed by atoms with Gasteiger partial charge in [0.2, 0.25) is 0 Å². The Bertz CT molecular complexity index is 430. The Hall–Kier alpha value is -1.62. The molecule has 122 valence electrons. The van der Waals surface area contributed by atoms with Crippen LogP contribution in [0, 0.1) is 0 Å². The number of hydrogen-bond acceptors (Lipinski definition) is 3. The van der Waals surface area contributed by atoms with Crippen LogP contribution in [0.25, 0.3) is 0 Å². The highest BCUT2D eigenvalue weighted by atomic mass is 16.5. The van der Waals surface area contributed by atoms with Gasteiger partial charge in [0.05, 0.1) is 18.3 Å². The molecule has 1 aromatic heterocycles. The van der Waals surface area contributed by atoms with Crippen molar-refractivity contribution in [3.8, 4) is 0 Å². The lowest BCUT2D eigenvalue weighted by atomic mass is 9.98. The first kappa shape index (κ1) is 16.7. The Kier molecular flexibility index (Phi) is 7.74. The molecule has 22 heavy (non-hydrogen) atoms. The SMILES string of the molecule is CN=C(NCCCOC1CCCCC1)NCc1ccccn1. The maximum Gasteiger partial charge on any atom is 0.191 e. The summed E-state index contributed by atoms with van der Waals surface area (Å²) in [6, 6.07) is 5.91. The molecule has 1 saturated carbocycles. The van der Waals surface area contributed by atoms with Gasteiger partial charge in [-0.2, -0.15) is 0 Å². The highest BCUT2D eigenvalue weighted by Crippen LogP contribution is 2.20. The van der Waals surface area contributed by atoms with Crippen LogP contribution in [0.4, 0.5) is 0 Å². The maximum absolute atomic E-state index is 5.92. The number of rotatable bonds is 7. The van der Waals surface area contributed by atoms with E-state index in [1.54, 1.807) is 13.2 Å². The fourth-order valence-corrected chi connectivity index (χ4v) is 2.66. The number of hydrogen-bond donors (Lipinski definition) is 2. The molecule has 0 saturated heterocycles. The van der Waals surface area contributed by atoms with E-state index in [1.165, 1.54) is 32.1 Å². The second kappa shape index (κ2) is 10.2. The van der Waals surface area contributed by atoms with Crippen LogP contribution in [0.3, 0.4) is 0 Å². The molecule has 0 bridgehead atoms. The molecule has 0 aliphatic heterocycles. The summed E-state index contributed by atoms with van der Waals surface area (Å²) < 4.78 is 5.92. The van der Waals surface area contributed by atoms with Crippen LogP contribution >= 0.6 is 0 Å². The summed E-state index contributed by atoms with van der Waals surface area (Å²) in [4.78, 5) is 8.50. The Morgan fingerprint density at radius 1 is 1.27 bits per heavy atom. The van der Waals surface area contributed by atoms with Crippen molar-refractivity contribution < 1.29 is 4.74 Å². The summed E-state index contributed by atoms with van der Waals surface area (Å²) in [6.45, 7) is 2.38. The molecule has 0 aromatic carbocycles. The van der Waals surface area contributed by atoms with E-state index in [9.17, 15) is 0 Å². The van der Waals surface area contributed by atoms with E-state index < -0.39 is 0 Å². The second-order valence-corrected chi connectivity index (χ2v) is 5.66. The molecule has 0 radical (unpaired) electrons. The number of nitrogens with zero attached hydrogens (tertiary/aromatic N) is 2. The predicted molar refractivity (Wildman–Crippen MR) is 89.9 cm³/mol. The van der Waals surface area contributed by atoms with Gasteiger partial charge >= 0.3 is 0 Å². The largest absolute Gasteiger partial charge is 0.378 e. The van der Waals surface area contributed by atoms with Gasteiger partial charge in [-0.25, -0.2) is 0 Å². The highest BCUT2D eigenvalue weighted by Gasteiger charge is 2.12. The standard InChI is InChI=1S/C17H28N4O/c1-18-17(21-14-15-8-5-6-11-19-15)20-12-7-13-22-16-9-3-2-4-10-16/h5-6,8,11,16H,2-4,7,9-10,12-14H2,1H3,(H2,18,20,21). The zero-order valence-electron chi connectivity index (χ0n) is 13.6. The van der Waals surface area contributed by atoms with Crippen LogP contribution in [0.1, 0.15) is 44.2 Å². The normalized spacial score (nSPS) is 16.5. The van der Waals surface area contributed by atoms with Gasteiger partial charge in [0.15, 0.2) is 5.96 Å².